The van der Waals surface area contributed by atoms with Crippen LogP contribution in [0.25, 0.3) is 0 Å². The molecular weight excluding hydrogens is 182 g/mol. The van der Waals surface area contributed by atoms with E-state index in [1.54, 1.807) is 14.2 Å². The monoisotopic (exact) mass is 205 g/mol. The SMILES string of the molecule is COCCCN(CCCO)CCOC. The van der Waals surface area contributed by atoms with Gasteiger partial charge in [0.25, 0.3) is 0 Å². The molecule has 0 radical (unpaired) electrons. The number of hydrogen-bond acceptors (Lipinski definition) is 4. The van der Waals surface area contributed by atoms with Crippen molar-refractivity contribution in [2.24, 2.45) is 0 Å². The third kappa shape index (κ3) is 8.44. The van der Waals surface area contributed by atoms with Crippen molar-refractivity contribution in [2.75, 3.05) is 53.7 Å². The van der Waals surface area contributed by atoms with E-state index >= 15 is 0 Å². The van der Waals surface area contributed by atoms with Crippen molar-refractivity contribution in [3.63, 3.8) is 0 Å². The molecule has 0 amide bonds. The second-order valence-electron chi connectivity index (χ2n) is 3.26. The Morgan fingerprint density at radius 3 is 2.14 bits per heavy atom. The predicted molar refractivity (Wildman–Crippen MR) is 56.5 cm³/mol. The molecule has 0 aromatic carbocycles. The van der Waals surface area contributed by atoms with Gasteiger partial charge in [0.1, 0.15) is 0 Å². The fourth-order valence-corrected chi connectivity index (χ4v) is 1.28. The molecule has 86 valence electrons. The normalized spacial score (nSPS) is 11.1. The zero-order valence-electron chi connectivity index (χ0n) is 9.37. The molecule has 0 aromatic heterocycles. The van der Waals surface area contributed by atoms with E-state index in [0.717, 1.165) is 45.7 Å². The minimum absolute atomic E-state index is 0.258. The second-order valence-corrected chi connectivity index (χ2v) is 3.26. The highest BCUT2D eigenvalue weighted by Crippen LogP contribution is 1.94. The van der Waals surface area contributed by atoms with Crippen LogP contribution in [-0.2, 0) is 9.47 Å². The Labute approximate surface area is 86.8 Å². The quantitative estimate of drug-likeness (QED) is 0.523. The van der Waals surface area contributed by atoms with E-state index in [1.807, 2.05) is 0 Å². The van der Waals surface area contributed by atoms with Gasteiger partial charge in [0, 0.05) is 47.1 Å². The summed E-state index contributed by atoms with van der Waals surface area (Å²) in [7, 11) is 3.42. The number of ether oxygens (including phenoxy) is 2. The average Bonchev–Trinajstić information content (AvgIpc) is 2.21. The molecule has 14 heavy (non-hydrogen) atoms. The standard InChI is InChI=1S/C10H23NO3/c1-13-9-4-6-11(5-3-8-12)7-10-14-2/h12H,3-10H2,1-2H3. The summed E-state index contributed by atoms with van der Waals surface area (Å²) < 4.78 is 10.0. The van der Waals surface area contributed by atoms with Crippen molar-refractivity contribution >= 4 is 0 Å². The fourth-order valence-electron chi connectivity index (χ4n) is 1.28. The van der Waals surface area contributed by atoms with Crippen LogP contribution in [0.2, 0.25) is 0 Å². The van der Waals surface area contributed by atoms with Gasteiger partial charge in [0.2, 0.25) is 0 Å². The minimum Gasteiger partial charge on any atom is -0.396 e. The molecule has 1 N–H and O–H groups in total. The van der Waals surface area contributed by atoms with Gasteiger partial charge in [0.05, 0.1) is 6.61 Å². The molecule has 0 bridgehead atoms. The smallest absolute Gasteiger partial charge is 0.0589 e. The molecular formula is C10H23NO3. The molecule has 0 atom stereocenters. The summed E-state index contributed by atoms with van der Waals surface area (Å²) >= 11 is 0. The summed E-state index contributed by atoms with van der Waals surface area (Å²) in [4.78, 5) is 2.29. The van der Waals surface area contributed by atoms with E-state index in [1.165, 1.54) is 0 Å². The molecule has 0 aliphatic rings. The van der Waals surface area contributed by atoms with Gasteiger partial charge >= 0.3 is 0 Å². The molecule has 0 saturated carbocycles. The van der Waals surface area contributed by atoms with Gasteiger partial charge < -0.3 is 19.5 Å². The molecule has 0 aliphatic carbocycles. The number of hydrogen-bond donors (Lipinski definition) is 1. The van der Waals surface area contributed by atoms with Crippen molar-refractivity contribution in [1.82, 2.24) is 4.90 Å². The van der Waals surface area contributed by atoms with Crippen molar-refractivity contribution in [1.29, 1.82) is 0 Å². The van der Waals surface area contributed by atoms with E-state index in [-0.39, 0.29) is 6.61 Å². The maximum Gasteiger partial charge on any atom is 0.0589 e. The minimum atomic E-state index is 0.258. The molecule has 4 nitrogen and oxygen atoms in total. The van der Waals surface area contributed by atoms with Crippen LogP contribution in [-0.4, -0.2) is 63.7 Å². The van der Waals surface area contributed by atoms with Gasteiger partial charge in [0.15, 0.2) is 0 Å². The highest BCUT2D eigenvalue weighted by atomic mass is 16.5. The van der Waals surface area contributed by atoms with Crippen LogP contribution >= 0.6 is 0 Å². The van der Waals surface area contributed by atoms with Gasteiger partial charge in [-0.05, 0) is 12.8 Å². The molecule has 0 aromatic rings. The number of methoxy groups -OCH3 is 2. The Morgan fingerprint density at radius 1 is 0.929 bits per heavy atom. The summed E-state index contributed by atoms with van der Waals surface area (Å²) in [5.74, 6) is 0. The van der Waals surface area contributed by atoms with E-state index in [2.05, 4.69) is 4.90 Å². The summed E-state index contributed by atoms with van der Waals surface area (Å²) in [6.45, 7) is 4.68. The Morgan fingerprint density at radius 2 is 1.57 bits per heavy atom. The van der Waals surface area contributed by atoms with E-state index in [0.29, 0.717) is 0 Å². The van der Waals surface area contributed by atoms with Crippen molar-refractivity contribution in [2.45, 2.75) is 12.8 Å². The molecule has 0 unspecified atom stereocenters. The lowest BCUT2D eigenvalue weighted by Crippen LogP contribution is -2.30. The van der Waals surface area contributed by atoms with Crippen LogP contribution < -0.4 is 0 Å². The zero-order valence-corrected chi connectivity index (χ0v) is 9.37. The number of aliphatic hydroxyl groups excluding tert-OH is 1. The highest BCUT2D eigenvalue weighted by Gasteiger charge is 2.03. The predicted octanol–water partition coefficient (Wildman–Crippen LogP) is 0.354. The fraction of sp³-hybridized carbons (Fsp3) is 1.00. The maximum atomic E-state index is 8.73. The molecule has 0 heterocycles. The Bertz CT molecular complexity index is 104. The van der Waals surface area contributed by atoms with Gasteiger partial charge in [-0.25, -0.2) is 0 Å². The Balaban J connectivity index is 3.49. The van der Waals surface area contributed by atoms with Crippen LogP contribution in [0.15, 0.2) is 0 Å². The van der Waals surface area contributed by atoms with Crippen molar-refractivity contribution in [3.8, 4) is 0 Å². The van der Waals surface area contributed by atoms with Crippen LogP contribution in [0.5, 0.6) is 0 Å². The van der Waals surface area contributed by atoms with Crippen LogP contribution in [0.1, 0.15) is 12.8 Å². The first-order valence-electron chi connectivity index (χ1n) is 5.16. The number of aliphatic hydroxyl groups is 1. The summed E-state index contributed by atoms with van der Waals surface area (Å²) in [6, 6.07) is 0. The van der Waals surface area contributed by atoms with Gasteiger partial charge in [-0.3, -0.25) is 0 Å². The third-order valence-electron chi connectivity index (χ3n) is 2.07. The molecule has 0 aliphatic heterocycles. The van der Waals surface area contributed by atoms with Crippen LogP contribution in [0, 0.1) is 0 Å². The van der Waals surface area contributed by atoms with Gasteiger partial charge in [-0.2, -0.15) is 0 Å². The first-order chi connectivity index (χ1) is 6.85. The molecule has 0 saturated heterocycles. The zero-order chi connectivity index (χ0) is 10.6. The van der Waals surface area contributed by atoms with E-state index in [9.17, 15) is 0 Å². The van der Waals surface area contributed by atoms with Crippen LogP contribution in [0.4, 0.5) is 0 Å². The molecule has 4 heteroatoms. The topological polar surface area (TPSA) is 41.9 Å². The molecule has 0 rings (SSSR count). The molecule has 0 spiro atoms. The third-order valence-corrected chi connectivity index (χ3v) is 2.07. The summed E-state index contributed by atoms with van der Waals surface area (Å²) in [5, 5.41) is 8.73. The maximum absolute atomic E-state index is 8.73. The Kier molecular flexibility index (Phi) is 10.8. The summed E-state index contributed by atoms with van der Waals surface area (Å²) in [5.41, 5.74) is 0. The Hall–Kier alpha value is -0.160. The van der Waals surface area contributed by atoms with Gasteiger partial charge in [-0.15, -0.1) is 0 Å². The first kappa shape index (κ1) is 13.8. The van der Waals surface area contributed by atoms with E-state index < -0.39 is 0 Å². The largest absolute Gasteiger partial charge is 0.396 e. The van der Waals surface area contributed by atoms with Crippen molar-refractivity contribution < 1.29 is 14.6 Å². The highest BCUT2D eigenvalue weighted by molar-refractivity contribution is 4.57. The van der Waals surface area contributed by atoms with Crippen molar-refractivity contribution in [3.05, 3.63) is 0 Å². The summed E-state index contributed by atoms with van der Waals surface area (Å²) in [6.07, 6.45) is 1.86. The second kappa shape index (κ2) is 10.9. The lowest BCUT2D eigenvalue weighted by atomic mass is 10.3. The molecule has 0 fully saturated rings. The first-order valence-corrected chi connectivity index (χ1v) is 5.16. The lowest BCUT2D eigenvalue weighted by Gasteiger charge is -2.21. The van der Waals surface area contributed by atoms with Gasteiger partial charge in [-0.1, -0.05) is 0 Å². The average molecular weight is 205 g/mol. The van der Waals surface area contributed by atoms with E-state index in [4.69, 9.17) is 14.6 Å². The van der Waals surface area contributed by atoms with Crippen LogP contribution in [0.3, 0.4) is 0 Å². The lowest BCUT2D eigenvalue weighted by molar-refractivity contribution is 0.127. The number of rotatable bonds is 10. The number of nitrogens with zero attached hydrogens (tertiary/aromatic N) is 1.